The van der Waals surface area contributed by atoms with Crippen molar-refractivity contribution in [2.45, 2.75) is 57.8 Å². The van der Waals surface area contributed by atoms with Crippen LogP contribution in [0.4, 0.5) is 51.2 Å². The van der Waals surface area contributed by atoms with E-state index in [1.54, 1.807) is 0 Å². The third-order valence-corrected chi connectivity index (χ3v) is 16.5. The molecule has 3 heterocycles. The van der Waals surface area contributed by atoms with Crippen molar-refractivity contribution >= 4 is 83.5 Å². The fourth-order valence-corrected chi connectivity index (χ4v) is 12.8. The van der Waals surface area contributed by atoms with Crippen LogP contribution in [0.1, 0.15) is 74.9 Å². The summed E-state index contributed by atoms with van der Waals surface area (Å²) in [4.78, 5) is 7.58. The highest BCUT2D eigenvalue weighted by atomic mass is 15.2. The van der Waals surface area contributed by atoms with Crippen molar-refractivity contribution in [2.75, 3.05) is 14.7 Å². The SMILES string of the molecule is CC1(C)c2cccc3c2N2c4c1cc(-c1ccc(N(c5ccc6ccc#cc6c5)c5cccc6ccccc56)c5ccccc15)cc4C(C)(C)c1cc(N(c4ccccc4)c4ccccc4)cc(c12)C3(C)C. The molecule has 0 spiro atoms. The highest BCUT2D eigenvalue weighted by molar-refractivity contribution is 6.10. The van der Waals surface area contributed by atoms with Crippen LogP contribution in [0.5, 0.6) is 0 Å². The number of hydrogen-bond acceptors (Lipinski definition) is 3. The molecule has 11 aromatic rings. The first-order chi connectivity index (χ1) is 35.0. The maximum atomic E-state index is 3.40. The van der Waals surface area contributed by atoms with Crippen molar-refractivity contribution in [3.05, 3.63) is 258 Å². The summed E-state index contributed by atoms with van der Waals surface area (Å²) in [6.07, 6.45) is 0. The van der Waals surface area contributed by atoms with Gasteiger partial charge < -0.3 is 14.7 Å². The molecule has 72 heavy (non-hydrogen) atoms. The van der Waals surface area contributed by atoms with Crippen LogP contribution < -0.4 is 14.7 Å². The molecular weight excluding hydrogens is 871 g/mol. The van der Waals surface area contributed by atoms with Crippen molar-refractivity contribution in [1.29, 1.82) is 0 Å². The Morgan fingerprint density at radius 1 is 0.361 bits per heavy atom. The summed E-state index contributed by atoms with van der Waals surface area (Å²) in [7, 11) is 0. The first-order valence-electron chi connectivity index (χ1n) is 25.3. The van der Waals surface area contributed by atoms with Crippen molar-refractivity contribution in [1.82, 2.24) is 0 Å². The van der Waals surface area contributed by atoms with Gasteiger partial charge in [0, 0.05) is 55.2 Å². The second-order valence-corrected chi connectivity index (χ2v) is 21.6. The minimum atomic E-state index is -0.378. The highest BCUT2D eigenvalue weighted by Crippen LogP contribution is 2.67. The van der Waals surface area contributed by atoms with E-state index < -0.39 is 0 Å². The molecule has 0 atom stereocenters. The normalized spacial score (nSPS) is 15.0. The summed E-state index contributed by atoms with van der Waals surface area (Å²) in [5.41, 5.74) is 20.4. The Balaban J connectivity index is 1.01. The van der Waals surface area contributed by atoms with Gasteiger partial charge in [0.15, 0.2) is 0 Å². The smallest absolute Gasteiger partial charge is 0.0545 e. The number of para-hydroxylation sites is 3. The molecule has 0 fully saturated rings. The topological polar surface area (TPSA) is 9.72 Å². The molecule has 3 nitrogen and oxygen atoms in total. The molecule has 0 amide bonds. The Hall–Kier alpha value is -8.58. The number of benzene rings is 10. The second kappa shape index (κ2) is 15.2. The molecule has 14 rings (SSSR count). The third-order valence-electron chi connectivity index (χ3n) is 16.5. The van der Waals surface area contributed by atoms with Crippen LogP contribution >= 0.6 is 0 Å². The van der Waals surface area contributed by atoms with E-state index in [9.17, 15) is 0 Å². The van der Waals surface area contributed by atoms with Crippen LogP contribution in [-0.4, -0.2) is 0 Å². The summed E-state index contributed by atoms with van der Waals surface area (Å²) >= 11 is 0. The zero-order chi connectivity index (χ0) is 48.7. The van der Waals surface area contributed by atoms with Crippen molar-refractivity contribution < 1.29 is 0 Å². The quantitative estimate of drug-likeness (QED) is 0.158. The summed E-state index contributed by atoms with van der Waals surface area (Å²) in [6.45, 7) is 14.7. The first kappa shape index (κ1) is 42.3. The number of rotatable bonds is 7. The summed E-state index contributed by atoms with van der Waals surface area (Å²) in [6, 6.07) is 85.4. The minimum Gasteiger partial charge on any atom is -0.310 e. The highest BCUT2D eigenvalue weighted by Gasteiger charge is 2.52. The lowest BCUT2D eigenvalue weighted by atomic mass is 9.60. The molecule has 3 aliphatic rings. The molecule has 0 saturated carbocycles. The van der Waals surface area contributed by atoms with Gasteiger partial charge in [-0.3, -0.25) is 0 Å². The van der Waals surface area contributed by atoms with E-state index in [1.807, 2.05) is 6.07 Å². The lowest BCUT2D eigenvalue weighted by Crippen LogP contribution is -2.43. The molecule has 0 aliphatic carbocycles. The summed E-state index contributed by atoms with van der Waals surface area (Å²) < 4.78 is 0. The fourth-order valence-electron chi connectivity index (χ4n) is 12.8. The number of hydrogen-bond donors (Lipinski definition) is 0. The molecule has 0 bridgehead atoms. The van der Waals surface area contributed by atoms with Crippen molar-refractivity contribution in [3.63, 3.8) is 0 Å². The Morgan fingerprint density at radius 3 is 1.56 bits per heavy atom. The molecule has 0 N–H and O–H groups in total. The van der Waals surface area contributed by atoms with Gasteiger partial charge in [-0.25, -0.2) is 0 Å². The van der Waals surface area contributed by atoms with Gasteiger partial charge in [0.2, 0.25) is 0 Å². The molecule has 0 saturated heterocycles. The first-order valence-corrected chi connectivity index (χ1v) is 25.3. The minimum absolute atomic E-state index is 0.272. The van der Waals surface area contributed by atoms with Gasteiger partial charge in [0.25, 0.3) is 0 Å². The van der Waals surface area contributed by atoms with Gasteiger partial charge in [-0.05, 0) is 146 Å². The van der Waals surface area contributed by atoms with E-state index in [0.717, 1.165) is 39.2 Å². The van der Waals surface area contributed by atoms with Crippen LogP contribution in [0.15, 0.2) is 212 Å². The molecule has 0 aromatic heterocycles. The zero-order valence-electron chi connectivity index (χ0n) is 41.5. The number of anilines is 9. The maximum absolute atomic E-state index is 3.40. The Labute approximate surface area is 422 Å². The zero-order valence-corrected chi connectivity index (χ0v) is 41.5. The predicted molar refractivity (Wildman–Crippen MR) is 303 cm³/mol. The molecule has 11 aromatic carbocycles. The van der Waals surface area contributed by atoms with Gasteiger partial charge in [0.05, 0.1) is 28.4 Å². The van der Waals surface area contributed by atoms with E-state index in [4.69, 9.17) is 0 Å². The van der Waals surface area contributed by atoms with E-state index in [1.165, 1.54) is 88.8 Å². The predicted octanol–water partition coefficient (Wildman–Crippen LogP) is 18.7. The van der Waals surface area contributed by atoms with E-state index in [-0.39, 0.29) is 16.2 Å². The fraction of sp³-hybridized carbons (Fsp3) is 0.130. The van der Waals surface area contributed by atoms with Crippen molar-refractivity contribution in [2.24, 2.45) is 0 Å². The van der Waals surface area contributed by atoms with Crippen LogP contribution in [0.2, 0.25) is 0 Å². The van der Waals surface area contributed by atoms with Gasteiger partial charge in [0.1, 0.15) is 0 Å². The van der Waals surface area contributed by atoms with Gasteiger partial charge in [-0.2, -0.15) is 0 Å². The lowest BCUT2D eigenvalue weighted by Gasteiger charge is -2.55. The average molecular weight is 924 g/mol. The monoisotopic (exact) mass is 923 g/mol. The lowest BCUT2D eigenvalue weighted by molar-refractivity contribution is 0.567. The van der Waals surface area contributed by atoms with E-state index in [0.29, 0.717) is 0 Å². The molecule has 0 unspecified atom stereocenters. The molecule has 344 valence electrons. The number of fused-ring (bicyclic) bond motifs is 3. The van der Waals surface area contributed by atoms with E-state index in [2.05, 4.69) is 275 Å². The van der Waals surface area contributed by atoms with Gasteiger partial charge in [-0.1, -0.05) is 181 Å². The summed E-state index contributed by atoms with van der Waals surface area (Å²) in [5.74, 6) is 0. The molecule has 3 heteroatoms. The average Bonchev–Trinajstić information content (AvgIpc) is 3.41. The third kappa shape index (κ3) is 5.93. The Kier molecular flexibility index (Phi) is 8.94. The second-order valence-electron chi connectivity index (χ2n) is 21.6. The molecule has 3 aliphatic heterocycles. The Bertz CT molecular complexity index is 3990. The van der Waals surface area contributed by atoms with Crippen LogP contribution in [0.3, 0.4) is 0 Å². The molecule has 0 radical (unpaired) electrons. The number of nitrogens with zero attached hydrogens (tertiary/aromatic N) is 3. The Morgan fingerprint density at radius 2 is 0.889 bits per heavy atom. The standard InChI is InChI=1S/C69H53N3/c1-67(2)56-32-20-33-57-64(56)72-65-58(67)40-47(41-59(65)69(5,6)61-43-51(42-60(66(61)72)68(57,3)4)70(48-25-9-7-10-26-48)49-27-11-8-12-28-49)52-37-38-63(55-31-18-17-30-54(52)55)71(50-36-35-44-21-13-14-23-46(44)39-50)62-34-19-24-45-22-15-16-29-53(45)62/h7-13,15-22,24-43H,1-6H3. The van der Waals surface area contributed by atoms with Gasteiger partial charge in [-0.15, -0.1) is 0 Å². The maximum Gasteiger partial charge on any atom is 0.0545 e. The van der Waals surface area contributed by atoms with E-state index >= 15 is 0 Å². The molecular formula is C69H53N3. The van der Waals surface area contributed by atoms with Crippen LogP contribution in [0, 0.1) is 12.1 Å². The van der Waals surface area contributed by atoms with Crippen LogP contribution in [0.25, 0.3) is 43.4 Å². The largest absolute Gasteiger partial charge is 0.310 e. The van der Waals surface area contributed by atoms with Crippen molar-refractivity contribution in [3.8, 4) is 11.1 Å². The van der Waals surface area contributed by atoms with Crippen LogP contribution in [-0.2, 0) is 16.2 Å². The van der Waals surface area contributed by atoms with Gasteiger partial charge >= 0.3 is 0 Å². The summed E-state index contributed by atoms with van der Waals surface area (Å²) in [5, 5.41) is 6.98.